The molecule has 0 spiro atoms. The van der Waals surface area contributed by atoms with E-state index in [9.17, 15) is 4.79 Å². The summed E-state index contributed by atoms with van der Waals surface area (Å²) < 4.78 is 0. The number of nitriles is 1. The molecule has 1 amide bonds. The molecule has 1 heterocycles. The van der Waals surface area contributed by atoms with Crippen molar-refractivity contribution in [3.63, 3.8) is 0 Å². The van der Waals surface area contributed by atoms with E-state index in [0.717, 1.165) is 13.1 Å². The van der Waals surface area contributed by atoms with E-state index in [4.69, 9.17) is 5.26 Å². The summed E-state index contributed by atoms with van der Waals surface area (Å²) in [7, 11) is 1.93. The number of amides is 1. The van der Waals surface area contributed by atoms with Crippen molar-refractivity contribution in [1.82, 2.24) is 9.80 Å². The summed E-state index contributed by atoms with van der Waals surface area (Å²) in [5.74, 6) is 0.526. The molecule has 0 aromatic carbocycles. The molecule has 0 bridgehead atoms. The van der Waals surface area contributed by atoms with Crippen LogP contribution in [-0.2, 0) is 4.79 Å². The van der Waals surface area contributed by atoms with Gasteiger partial charge in [-0.1, -0.05) is 6.92 Å². The lowest BCUT2D eigenvalue weighted by atomic mass is 10.0. The quantitative estimate of drug-likeness (QED) is 0.694. The maximum absolute atomic E-state index is 12.5. The zero-order valence-corrected chi connectivity index (χ0v) is 11.5. The van der Waals surface area contributed by atoms with Crippen LogP contribution in [0.15, 0.2) is 0 Å². The second kappa shape index (κ2) is 5.05. The van der Waals surface area contributed by atoms with Crippen molar-refractivity contribution in [2.24, 2.45) is 5.92 Å². The molecule has 96 valence electrons. The molecule has 0 radical (unpaired) electrons. The van der Waals surface area contributed by atoms with E-state index in [2.05, 4.69) is 13.0 Å². The van der Waals surface area contributed by atoms with Crippen LogP contribution in [0.4, 0.5) is 0 Å². The third-order valence-corrected chi connectivity index (χ3v) is 3.27. The molecule has 2 atom stereocenters. The average Bonchev–Trinajstić information content (AvgIpc) is 2.28. The largest absolute Gasteiger partial charge is 0.336 e. The summed E-state index contributed by atoms with van der Waals surface area (Å²) in [6, 6.07) is 1.84. The third kappa shape index (κ3) is 3.19. The zero-order valence-electron chi connectivity index (χ0n) is 11.5. The van der Waals surface area contributed by atoms with Gasteiger partial charge in [-0.2, -0.15) is 5.26 Å². The number of hydrogen-bond acceptors (Lipinski definition) is 3. The third-order valence-electron chi connectivity index (χ3n) is 3.27. The van der Waals surface area contributed by atoms with E-state index in [0.29, 0.717) is 5.92 Å². The maximum Gasteiger partial charge on any atom is 0.241 e. The summed E-state index contributed by atoms with van der Waals surface area (Å²) in [6.45, 7) is 9.93. The molecular weight excluding hydrogens is 214 g/mol. The van der Waals surface area contributed by atoms with Crippen LogP contribution in [0, 0.1) is 17.2 Å². The molecule has 2 unspecified atom stereocenters. The molecule has 0 N–H and O–H groups in total. The number of rotatable bonds is 1. The standard InChI is InChI=1S/C13H23N3O/c1-10-8-15(5)11(6-7-14)12(17)16(9-10)13(2,3)4/h10-11H,6,8-9H2,1-5H3. The molecule has 4 heteroatoms. The molecule has 1 saturated heterocycles. The molecule has 1 aliphatic heterocycles. The minimum atomic E-state index is -0.288. The Labute approximate surface area is 104 Å². The number of carbonyl (C=O) groups excluding carboxylic acids is 1. The van der Waals surface area contributed by atoms with Crippen LogP contribution < -0.4 is 0 Å². The summed E-state index contributed by atoms with van der Waals surface area (Å²) in [6.07, 6.45) is 0.272. The van der Waals surface area contributed by atoms with Crippen molar-refractivity contribution >= 4 is 5.91 Å². The van der Waals surface area contributed by atoms with Crippen LogP contribution in [0.2, 0.25) is 0 Å². The van der Waals surface area contributed by atoms with Crippen molar-refractivity contribution in [2.45, 2.75) is 45.7 Å². The fourth-order valence-electron chi connectivity index (χ4n) is 2.38. The Balaban J connectivity index is 3.01. The first-order chi connectivity index (χ1) is 7.77. The second-order valence-electron chi connectivity index (χ2n) is 6.04. The SMILES string of the molecule is CC1CN(C)C(CC#N)C(=O)N(C(C)(C)C)C1. The Kier molecular flexibility index (Phi) is 4.16. The van der Waals surface area contributed by atoms with Crippen molar-refractivity contribution in [3.8, 4) is 6.07 Å². The van der Waals surface area contributed by atoms with Gasteiger partial charge in [-0.25, -0.2) is 0 Å². The molecule has 1 aliphatic rings. The molecule has 1 rings (SSSR count). The molecule has 1 fully saturated rings. The van der Waals surface area contributed by atoms with Crippen LogP contribution in [0.5, 0.6) is 0 Å². The number of likely N-dealkylation sites (N-methyl/N-ethyl adjacent to an activating group) is 1. The van der Waals surface area contributed by atoms with Gasteiger partial charge in [0.15, 0.2) is 0 Å². The van der Waals surface area contributed by atoms with Gasteiger partial charge in [-0.05, 0) is 33.7 Å². The van der Waals surface area contributed by atoms with Crippen LogP contribution in [-0.4, -0.2) is 47.4 Å². The highest BCUT2D eigenvalue weighted by Gasteiger charge is 2.37. The normalized spacial score (nSPS) is 27.8. The summed E-state index contributed by atoms with van der Waals surface area (Å²) in [4.78, 5) is 16.4. The highest BCUT2D eigenvalue weighted by atomic mass is 16.2. The zero-order chi connectivity index (χ0) is 13.2. The number of nitrogens with zero attached hydrogens (tertiary/aromatic N) is 3. The summed E-state index contributed by atoms with van der Waals surface area (Å²) >= 11 is 0. The predicted molar refractivity (Wildman–Crippen MR) is 67.3 cm³/mol. The number of hydrogen-bond donors (Lipinski definition) is 0. The first kappa shape index (κ1) is 14.0. The van der Waals surface area contributed by atoms with Gasteiger partial charge in [0.2, 0.25) is 5.91 Å². The highest BCUT2D eigenvalue weighted by molar-refractivity contribution is 5.83. The van der Waals surface area contributed by atoms with E-state index in [1.54, 1.807) is 0 Å². The van der Waals surface area contributed by atoms with E-state index < -0.39 is 0 Å². The Morgan fingerprint density at radius 3 is 2.47 bits per heavy atom. The van der Waals surface area contributed by atoms with Crippen molar-refractivity contribution in [2.75, 3.05) is 20.1 Å². The van der Waals surface area contributed by atoms with E-state index in [-0.39, 0.29) is 23.9 Å². The lowest BCUT2D eigenvalue weighted by Crippen LogP contribution is -2.51. The van der Waals surface area contributed by atoms with Gasteiger partial charge in [0.05, 0.1) is 12.5 Å². The van der Waals surface area contributed by atoms with Gasteiger partial charge in [0.25, 0.3) is 0 Å². The summed E-state index contributed by atoms with van der Waals surface area (Å²) in [5.41, 5.74) is -0.176. The smallest absolute Gasteiger partial charge is 0.241 e. The molecule has 0 aliphatic carbocycles. The molecule has 0 aromatic heterocycles. The second-order valence-corrected chi connectivity index (χ2v) is 6.04. The van der Waals surface area contributed by atoms with Crippen molar-refractivity contribution in [1.29, 1.82) is 5.26 Å². The Morgan fingerprint density at radius 1 is 1.41 bits per heavy atom. The van der Waals surface area contributed by atoms with Gasteiger partial charge in [0, 0.05) is 18.6 Å². The molecule has 17 heavy (non-hydrogen) atoms. The van der Waals surface area contributed by atoms with E-state index in [1.165, 1.54) is 0 Å². The van der Waals surface area contributed by atoms with Gasteiger partial charge >= 0.3 is 0 Å². The minimum Gasteiger partial charge on any atom is -0.336 e. The van der Waals surface area contributed by atoms with Crippen LogP contribution in [0.1, 0.15) is 34.1 Å². The summed E-state index contributed by atoms with van der Waals surface area (Å²) in [5, 5.41) is 8.85. The van der Waals surface area contributed by atoms with Crippen LogP contribution >= 0.6 is 0 Å². The van der Waals surface area contributed by atoms with Gasteiger partial charge in [0.1, 0.15) is 6.04 Å². The lowest BCUT2D eigenvalue weighted by molar-refractivity contribution is -0.139. The fraction of sp³-hybridized carbons (Fsp3) is 0.846. The van der Waals surface area contributed by atoms with Crippen molar-refractivity contribution < 1.29 is 4.79 Å². The Hall–Kier alpha value is -1.08. The van der Waals surface area contributed by atoms with Gasteiger partial charge in [-0.15, -0.1) is 0 Å². The van der Waals surface area contributed by atoms with Crippen LogP contribution in [0.3, 0.4) is 0 Å². The van der Waals surface area contributed by atoms with Gasteiger partial charge in [-0.3, -0.25) is 9.69 Å². The van der Waals surface area contributed by atoms with E-state index >= 15 is 0 Å². The first-order valence-corrected chi connectivity index (χ1v) is 6.16. The minimum absolute atomic E-state index is 0.0888. The molecule has 4 nitrogen and oxygen atoms in total. The number of carbonyl (C=O) groups is 1. The van der Waals surface area contributed by atoms with Crippen LogP contribution in [0.25, 0.3) is 0 Å². The lowest BCUT2D eigenvalue weighted by Gasteiger charge is -2.37. The molecule has 0 saturated carbocycles. The Morgan fingerprint density at radius 2 is 2.00 bits per heavy atom. The molecular formula is C13H23N3O. The van der Waals surface area contributed by atoms with E-state index in [1.807, 2.05) is 37.6 Å². The highest BCUT2D eigenvalue weighted by Crippen LogP contribution is 2.23. The fourth-order valence-corrected chi connectivity index (χ4v) is 2.38. The Bertz CT molecular complexity index is 327. The molecule has 0 aromatic rings. The van der Waals surface area contributed by atoms with Crippen molar-refractivity contribution in [3.05, 3.63) is 0 Å². The monoisotopic (exact) mass is 237 g/mol. The van der Waals surface area contributed by atoms with Gasteiger partial charge < -0.3 is 4.90 Å². The predicted octanol–water partition coefficient (Wildman–Crippen LogP) is 1.48. The maximum atomic E-state index is 12.5. The average molecular weight is 237 g/mol. The topological polar surface area (TPSA) is 47.3 Å². The first-order valence-electron chi connectivity index (χ1n) is 6.16.